The highest BCUT2D eigenvalue weighted by Gasteiger charge is 2.17. The second-order valence-electron chi connectivity index (χ2n) is 5.42. The average molecular weight is 252 g/mol. The molecule has 0 amide bonds. The molecule has 1 aromatic rings. The summed E-state index contributed by atoms with van der Waals surface area (Å²) in [5.74, 6) is 0.298. The summed E-state index contributed by atoms with van der Waals surface area (Å²) in [6.07, 6.45) is 0.830. The van der Waals surface area contributed by atoms with E-state index in [1.807, 2.05) is 0 Å². The molecule has 0 bridgehead atoms. The van der Waals surface area contributed by atoms with E-state index < -0.39 is 4.92 Å². The molecule has 0 heterocycles. The van der Waals surface area contributed by atoms with Crippen molar-refractivity contribution in [3.63, 3.8) is 0 Å². The summed E-state index contributed by atoms with van der Waals surface area (Å²) in [7, 11) is 0. The number of ether oxygens (including phenoxy) is 1. The van der Waals surface area contributed by atoms with Gasteiger partial charge in [-0.05, 0) is 23.5 Å². The highest BCUT2D eigenvalue weighted by atomic mass is 16.6. The molecule has 0 saturated heterocycles. The van der Waals surface area contributed by atoms with E-state index >= 15 is 0 Å². The fourth-order valence-corrected chi connectivity index (χ4v) is 1.42. The highest BCUT2D eigenvalue weighted by Crippen LogP contribution is 2.29. The quantitative estimate of drug-likeness (QED) is 0.645. The lowest BCUT2D eigenvalue weighted by molar-refractivity contribution is -0.385. The van der Waals surface area contributed by atoms with Crippen molar-refractivity contribution in [2.75, 3.05) is 6.61 Å². The number of nitro benzene ring substituents is 1. The van der Waals surface area contributed by atoms with E-state index in [-0.39, 0.29) is 11.1 Å². The molecule has 0 aliphatic carbocycles. The van der Waals surface area contributed by atoms with E-state index in [9.17, 15) is 10.1 Å². The SMILES string of the molecule is CC(C)(C)CCOc1cc(CN)ccc1[N+](=O)[O-]. The molecule has 2 N–H and O–H groups in total. The van der Waals surface area contributed by atoms with Crippen LogP contribution in [0.15, 0.2) is 18.2 Å². The Morgan fingerprint density at radius 1 is 1.39 bits per heavy atom. The Bertz CT molecular complexity index is 425. The van der Waals surface area contributed by atoms with Gasteiger partial charge in [0.05, 0.1) is 11.5 Å². The summed E-state index contributed by atoms with van der Waals surface area (Å²) in [6, 6.07) is 4.73. The first kappa shape index (κ1) is 14.4. The minimum absolute atomic E-state index is 0.0129. The number of nitrogens with two attached hydrogens (primary N) is 1. The van der Waals surface area contributed by atoms with Crippen LogP contribution in [0.5, 0.6) is 5.75 Å². The van der Waals surface area contributed by atoms with Crippen molar-refractivity contribution in [3.8, 4) is 5.75 Å². The van der Waals surface area contributed by atoms with E-state index in [2.05, 4.69) is 20.8 Å². The summed E-state index contributed by atoms with van der Waals surface area (Å²) in [6.45, 7) is 7.09. The van der Waals surface area contributed by atoms with Crippen molar-refractivity contribution >= 4 is 5.69 Å². The predicted molar refractivity (Wildman–Crippen MR) is 70.6 cm³/mol. The van der Waals surface area contributed by atoms with Gasteiger partial charge in [-0.25, -0.2) is 0 Å². The van der Waals surface area contributed by atoms with Gasteiger partial charge in [-0.1, -0.05) is 26.8 Å². The normalized spacial score (nSPS) is 11.3. The van der Waals surface area contributed by atoms with Gasteiger partial charge in [0.15, 0.2) is 5.75 Å². The number of nitrogens with zero attached hydrogens (tertiary/aromatic N) is 1. The topological polar surface area (TPSA) is 78.4 Å². The van der Waals surface area contributed by atoms with E-state index in [1.54, 1.807) is 12.1 Å². The molecule has 5 nitrogen and oxygen atoms in total. The van der Waals surface area contributed by atoms with Crippen molar-refractivity contribution in [2.45, 2.75) is 33.7 Å². The third-order valence-electron chi connectivity index (χ3n) is 2.57. The lowest BCUT2D eigenvalue weighted by atomic mass is 9.93. The van der Waals surface area contributed by atoms with Crippen molar-refractivity contribution in [3.05, 3.63) is 33.9 Å². The zero-order chi connectivity index (χ0) is 13.8. The molecule has 5 heteroatoms. The molecular weight excluding hydrogens is 232 g/mol. The second kappa shape index (κ2) is 5.82. The molecule has 0 unspecified atom stereocenters. The maximum Gasteiger partial charge on any atom is 0.310 e. The van der Waals surface area contributed by atoms with Crippen molar-refractivity contribution < 1.29 is 9.66 Å². The second-order valence-corrected chi connectivity index (χ2v) is 5.42. The maximum atomic E-state index is 10.9. The monoisotopic (exact) mass is 252 g/mol. The molecular formula is C13H20N2O3. The number of hydrogen-bond donors (Lipinski definition) is 1. The Balaban J connectivity index is 2.81. The first-order valence-electron chi connectivity index (χ1n) is 5.93. The van der Waals surface area contributed by atoms with Crippen molar-refractivity contribution in [1.82, 2.24) is 0 Å². The molecule has 0 spiro atoms. The first-order valence-corrected chi connectivity index (χ1v) is 5.93. The predicted octanol–water partition coefficient (Wildman–Crippen LogP) is 2.87. The van der Waals surface area contributed by atoms with Crippen molar-refractivity contribution in [1.29, 1.82) is 0 Å². The number of benzene rings is 1. The number of hydrogen-bond acceptors (Lipinski definition) is 4. The summed E-state index contributed by atoms with van der Waals surface area (Å²) in [5, 5.41) is 10.9. The van der Waals surface area contributed by atoms with Crippen LogP contribution in [0.1, 0.15) is 32.8 Å². The molecule has 1 rings (SSSR count). The molecule has 1 aromatic carbocycles. The van der Waals surface area contributed by atoms with Crippen LogP contribution in [0.4, 0.5) is 5.69 Å². The van der Waals surface area contributed by atoms with Crippen LogP contribution in [-0.2, 0) is 6.54 Å². The van der Waals surface area contributed by atoms with Gasteiger partial charge in [0.2, 0.25) is 0 Å². The Kier molecular flexibility index (Phi) is 4.67. The minimum Gasteiger partial charge on any atom is -0.487 e. The molecule has 0 aromatic heterocycles. The van der Waals surface area contributed by atoms with Gasteiger partial charge in [0.25, 0.3) is 0 Å². The molecule has 100 valence electrons. The van der Waals surface area contributed by atoms with Gasteiger partial charge in [0.1, 0.15) is 0 Å². The van der Waals surface area contributed by atoms with Gasteiger partial charge < -0.3 is 10.5 Å². The highest BCUT2D eigenvalue weighted by molar-refractivity contribution is 5.48. The Morgan fingerprint density at radius 2 is 2.06 bits per heavy atom. The summed E-state index contributed by atoms with van der Waals surface area (Å²) >= 11 is 0. The Labute approximate surface area is 107 Å². The van der Waals surface area contributed by atoms with Crippen LogP contribution in [0.2, 0.25) is 0 Å². The maximum absolute atomic E-state index is 10.9. The lowest BCUT2D eigenvalue weighted by Crippen LogP contribution is -2.12. The number of nitro groups is 1. The van der Waals surface area contributed by atoms with E-state index in [1.165, 1.54) is 6.07 Å². The van der Waals surface area contributed by atoms with E-state index in [0.717, 1.165) is 12.0 Å². The van der Waals surface area contributed by atoms with Crippen LogP contribution in [-0.4, -0.2) is 11.5 Å². The fourth-order valence-electron chi connectivity index (χ4n) is 1.42. The van der Waals surface area contributed by atoms with Crippen LogP contribution >= 0.6 is 0 Å². The van der Waals surface area contributed by atoms with Gasteiger partial charge in [-0.2, -0.15) is 0 Å². The molecule has 0 atom stereocenters. The Morgan fingerprint density at radius 3 is 2.56 bits per heavy atom. The molecule has 0 saturated carbocycles. The van der Waals surface area contributed by atoms with E-state index in [0.29, 0.717) is 18.9 Å². The number of rotatable bonds is 5. The van der Waals surface area contributed by atoms with Gasteiger partial charge in [-0.3, -0.25) is 10.1 Å². The average Bonchev–Trinajstić information content (AvgIpc) is 2.26. The molecule has 18 heavy (non-hydrogen) atoms. The molecule has 0 aliphatic heterocycles. The smallest absolute Gasteiger partial charge is 0.310 e. The van der Waals surface area contributed by atoms with Gasteiger partial charge in [0, 0.05) is 12.6 Å². The van der Waals surface area contributed by atoms with Crippen LogP contribution < -0.4 is 10.5 Å². The molecule has 0 fully saturated rings. The summed E-state index contributed by atoms with van der Waals surface area (Å²) < 4.78 is 5.52. The van der Waals surface area contributed by atoms with E-state index in [4.69, 9.17) is 10.5 Å². The zero-order valence-corrected chi connectivity index (χ0v) is 11.1. The third kappa shape index (κ3) is 4.33. The molecule has 0 aliphatic rings. The van der Waals surface area contributed by atoms with Crippen LogP contribution in [0, 0.1) is 15.5 Å². The minimum atomic E-state index is -0.438. The summed E-state index contributed by atoms with van der Waals surface area (Å²) in [4.78, 5) is 10.4. The first-order chi connectivity index (χ1) is 8.33. The molecule has 0 radical (unpaired) electrons. The summed E-state index contributed by atoms with van der Waals surface area (Å²) in [5.41, 5.74) is 6.47. The fraction of sp³-hybridized carbons (Fsp3) is 0.538. The van der Waals surface area contributed by atoms with Crippen LogP contribution in [0.25, 0.3) is 0 Å². The van der Waals surface area contributed by atoms with Gasteiger partial charge in [-0.15, -0.1) is 0 Å². The largest absolute Gasteiger partial charge is 0.487 e. The zero-order valence-electron chi connectivity index (χ0n) is 11.1. The van der Waals surface area contributed by atoms with Gasteiger partial charge >= 0.3 is 5.69 Å². The Hall–Kier alpha value is -1.62. The van der Waals surface area contributed by atoms with Crippen molar-refractivity contribution in [2.24, 2.45) is 11.1 Å². The third-order valence-corrected chi connectivity index (χ3v) is 2.57. The lowest BCUT2D eigenvalue weighted by Gasteiger charge is -2.18. The standard InChI is InChI=1S/C13H20N2O3/c1-13(2,3)6-7-18-12-8-10(9-14)4-5-11(12)15(16)17/h4-5,8H,6-7,9,14H2,1-3H3. The van der Waals surface area contributed by atoms with Crippen LogP contribution in [0.3, 0.4) is 0 Å².